The summed E-state index contributed by atoms with van der Waals surface area (Å²) in [5, 5.41) is 0.932. The first-order valence-electron chi connectivity index (χ1n) is 8.36. The molecule has 0 heterocycles. The van der Waals surface area contributed by atoms with Gasteiger partial charge in [-0.1, -0.05) is 68.3 Å². The molecule has 0 aliphatic heterocycles. The molecule has 0 spiro atoms. The summed E-state index contributed by atoms with van der Waals surface area (Å²) in [6, 6.07) is 0. The zero-order valence-electron chi connectivity index (χ0n) is 15.7. The van der Waals surface area contributed by atoms with Crippen LogP contribution in [0, 0.1) is 5.92 Å². The predicted molar refractivity (Wildman–Crippen MR) is 129 cm³/mol. The van der Waals surface area contributed by atoms with Crippen molar-refractivity contribution in [2.24, 2.45) is 5.92 Å². The van der Waals surface area contributed by atoms with Gasteiger partial charge in [0.15, 0.2) is 0 Å². The van der Waals surface area contributed by atoms with Crippen molar-refractivity contribution in [3.8, 4) is 0 Å². The summed E-state index contributed by atoms with van der Waals surface area (Å²) in [4.78, 5) is 0. The molecule has 0 aromatic carbocycles. The van der Waals surface area contributed by atoms with E-state index in [1.165, 1.54) is 0 Å². The fourth-order valence-corrected chi connectivity index (χ4v) is 3.38. The van der Waals surface area contributed by atoms with Crippen molar-refractivity contribution in [1.82, 2.24) is 0 Å². The molecule has 0 aromatic heterocycles. The molecule has 0 nitrogen and oxygen atoms in total. The van der Waals surface area contributed by atoms with Crippen molar-refractivity contribution in [1.29, 1.82) is 0 Å². The van der Waals surface area contributed by atoms with Gasteiger partial charge in [-0.2, -0.15) is 0 Å². The van der Waals surface area contributed by atoms with E-state index in [2.05, 4.69) is 86.1 Å². The Labute approximate surface area is 162 Å². The van der Waals surface area contributed by atoms with Crippen LogP contribution < -0.4 is 0 Å². The third kappa shape index (κ3) is 9.47. The van der Waals surface area contributed by atoms with E-state index >= 15 is 0 Å². The summed E-state index contributed by atoms with van der Waals surface area (Å²) in [6.45, 7) is 20.1. The van der Waals surface area contributed by atoms with Crippen LogP contribution in [0.15, 0.2) is 96.0 Å². The minimum absolute atomic E-state index is 0.630. The van der Waals surface area contributed by atoms with Crippen molar-refractivity contribution < 1.29 is 0 Å². The maximum atomic E-state index is 4.22. The topological polar surface area (TPSA) is 0 Å². The van der Waals surface area contributed by atoms with E-state index in [4.69, 9.17) is 0 Å². The zero-order valence-corrected chi connectivity index (χ0v) is 19.2. The summed E-state index contributed by atoms with van der Waals surface area (Å²) >= 11 is 0. The predicted octanol–water partition coefficient (Wildman–Crippen LogP) is 6.81. The van der Waals surface area contributed by atoms with E-state index in [0.29, 0.717) is 5.92 Å². The van der Waals surface area contributed by atoms with E-state index in [0.717, 1.165) is 51.9 Å². The van der Waals surface area contributed by atoms with Gasteiger partial charge < -0.3 is 0 Å². The summed E-state index contributed by atoms with van der Waals surface area (Å²) in [6.07, 6.45) is 15.3. The van der Waals surface area contributed by atoms with Crippen molar-refractivity contribution >= 4 is 27.7 Å². The number of allylic oxidation sites excluding steroid dienone is 12. The highest BCUT2D eigenvalue weighted by atomic mass is 31.0. The van der Waals surface area contributed by atoms with Crippen LogP contribution in [0.25, 0.3) is 0 Å². The van der Waals surface area contributed by atoms with Crippen LogP contribution >= 0.6 is 27.7 Å². The molecular weight excluding hydrogens is 357 g/mol. The average Bonchev–Trinajstić information content (AvgIpc) is 2.60. The van der Waals surface area contributed by atoms with Crippen LogP contribution in [0.1, 0.15) is 20.3 Å². The van der Waals surface area contributed by atoms with E-state index in [1.807, 2.05) is 18.2 Å². The van der Waals surface area contributed by atoms with Crippen LogP contribution in [0.4, 0.5) is 0 Å². The molecule has 0 saturated heterocycles. The van der Waals surface area contributed by atoms with Gasteiger partial charge in [-0.3, -0.25) is 0 Å². The molecule has 0 bridgehead atoms. The maximum Gasteiger partial charge on any atom is -0.0152 e. The van der Waals surface area contributed by atoms with E-state index in [-0.39, 0.29) is 0 Å². The number of hydrogen-bond acceptors (Lipinski definition) is 0. The van der Waals surface area contributed by atoms with Crippen LogP contribution in [0.2, 0.25) is 0 Å². The molecule has 3 unspecified atom stereocenters. The Balaban J connectivity index is 5.83. The largest absolute Gasteiger partial charge is 0.137 e. The van der Waals surface area contributed by atoms with Crippen LogP contribution in [0.3, 0.4) is 0 Å². The third-order valence-corrected chi connectivity index (χ3v) is 5.45. The van der Waals surface area contributed by atoms with Gasteiger partial charge in [-0.15, -0.1) is 27.7 Å². The lowest BCUT2D eigenvalue weighted by Crippen LogP contribution is -2.03. The van der Waals surface area contributed by atoms with E-state index in [1.54, 1.807) is 0 Å². The van der Waals surface area contributed by atoms with Crippen LogP contribution in [0.5, 0.6) is 0 Å². The maximum absolute atomic E-state index is 4.22. The minimum Gasteiger partial charge on any atom is -0.137 e. The van der Waals surface area contributed by atoms with Gasteiger partial charge in [0.25, 0.3) is 0 Å². The highest BCUT2D eigenvalue weighted by Gasteiger charge is 2.07. The fourth-order valence-electron chi connectivity index (χ4n) is 2.18. The van der Waals surface area contributed by atoms with Crippen molar-refractivity contribution in [3.05, 3.63) is 96.0 Å². The van der Waals surface area contributed by atoms with Gasteiger partial charge in [0.05, 0.1) is 0 Å². The zero-order chi connectivity index (χ0) is 19.4. The normalized spacial score (nSPS) is 13.8. The molecule has 0 saturated carbocycles. The second-order valence-corrected chi connectivity index (χ2v) is 7.73. The molecule has 0 amide bonds. The molecule has 0 fully saturated rings. The highest BCUT2D eigenvalue weighted by Crippen LogP contribution is 2.25. The van der Waals surface area contributed by atoms with Gasteiger partial charge in [0.2, 0.25) is 0 Å². The summed E-state index contributed by atoms with van der Waals surface area (Å²) in [5.41, 5.74) is 5.62. The SMILES string of the molecule is C=C/C(C)=C(/C=C\C(=C)P)C(\C=C/C(=C)CC(CP)CP)=C(/C)C=C. The second-order valence-electron chi connectivity index (χ2n) is 6.04. The summed E-state index contributed by atoms with van der Waals surface area (Å²) in [5.74, 6) is 0.630. The lowest BCUT2D eigenvalue weighted by Gasteiger charge is -2.13. The van der Waals surface area contributed by atoms with Gasteiger partial charge in [-0.25, -0.2) is 0 Å². The standard InChI is InChI=1S/C22H33P3/c1-7-17(4)21(11-9-16(3)13-20(14-23)15-24)22(18(5)8-2)12-10-19(6)25/h7-12,20H,1-3,6,13-15,23-25H2,4-5H3/b11-9-,12-10-,21-17+,22-18-. The van der Waals surface area contributed by atoms with Gasteiger partial charge in [0.1, 0.15) is 0 Å². The summed E-state index contributed by atoms with van der Waals surface area (Å²) < 4.78 is 0. The van der Waals surface area contributed by atoms with Gasteiger partial charge in [0, 0.05) is 0 Å². The lowest BCUT2D eigenvalue weighted by molar-refractivity contribution is 0.674. The Morgan fingerprint density at radius 1 is 0.840 bits per heavy atom. The first-order chi connectivity index (χ1) is 11.8. The van der Waals surface area contributed by atoms with Crippen molar-refractivity contribution in [2.45, 2.75) is 20.3 Å². The quantitative estimate of drug-likeness (QED) is 0.269. The van der Waals surface area contributed by atoms with Crippen LogP contribution in [-0.2, 0) is 0 Å². The molecule has 3 atom stereocenters. The minimum atomic E-state index is 0.630. The fraction of sp³-hybridized carbons (Fsp3) is 0.273. The smallest absolute Gasteiger partial charge is 0.0152 e. The van der Waals surface area contributed by atoms with E-state index < -0.39 is 0 Å². The molecule has 0 aliphatic rings. The molecule has 136 valence electrons. The molecule has 25 heavy (non-hydrogen) atoms. The lowest BCUT2D eigenvalue weighted by atomic mass is 9.94. The monoisotopic (exact) mass is 390 g/mol. The number of hydrogen-bond donors (Lipinski definition) is 0. The van der Waals surface area contributed by atoms with E-state index in [9.17, 15) is 0 Å². The first-order valence-corrected chi connectivity index (χ1v) is 10.6. The molecule has 3 heteroatoms. The average molecular weight is 390 g/mol. The Morgan fingerprint density at radius 3 is 1.64 bits per heavy atom. The van der Waals surface area contributed by atoms with Gasteiger partial charge in [-0.05, 0) is 66.1 Å². The van der Waals surface area contributed by atoms with Crippen molar-refractivity contribution in [3.63, 3.8) is 0 Å². The molecule has 0 N–H and O–H groups in total. The van der Waals surface area contributed by atoms with Crippen molar-refractivity contribution in [2.75, 3.05) is 12.3 Å². The Hall–Kier alpha value is -0.790. The Kier molecular flexibility index (Phi) is 13.0. The second kappa shape index (κ2) is 13.4. The highest BCUT2D eigenvalue weighted by molar-refractivity contribution is 7.22. The van der Waals surface area contributed by atoms with Gasteiger partial charge >= 0.3 is 0 Å². The molecule has 0 aliphatic carbocycles. The third-order valence-electron chi connectivity index (χ3n) is 3.92. The number of rotatable bonds is 11. The Morgan fingerprint density at radius 2 is 1.28 bits per heavy atom. The molecule has 0 rings (SSSR count). The van der Waals surface area contributed by atoms with Crippen LogP contribution in [-0.4, -0.2) is 12.3 Å². The Bertz CT molecular complexity index is 624. The molecule has 0 aromatic rings. The molecule has 0 radical (unpaired) electrons. The summed E-state index contributed by atoms with van der Waals surface area (Å²) in [7, 11) is 8.26. The first kappa shape index (κ1) is 24.2. The molecular formula is C22H33P3.